The molecule has 1 aromatic rings. The Bertz CT molecular complexity index is 582. The zero-order valence-electron chi connectivity index (χ0n) is 13.3. The smallest absolute Gasteiger partial charge is 0.227 e. The molecule has 0 radical (unpaired) electrons. The highest BCUT2D eigenvalue weighted by atomic mass is 35.5. The lowest BCUT2D eigenvalue weighted by Gasteiger charge is -2.17. The number of benzene rings is 1. The predicted molar refractivity (Wildman–Crippen MR) is 94.5 cm³/mol. The standard InChI is InChI=1S/C16H21ClN2O3S/c1-3-23-7-6-18-16(21)11-8-15(20)19(10-11)12-4-5-14(22-2)13(17)9-12/h4-5,9,11H,3,6-8,10H2,1-2H3,(H,18,21). The number of anilines is 1. The van der Waals surface area contributed by atoms with Gasteiger partial charge in [0, 0.05) is 31.0 Å². The highest BCUT2D eigenvalue weighted by molar-refractivity contribution is 7.99. The summed E-state index contributed by atoms with van der Waals surface area (Å²) in [4.78, 5) is 26.0. The second-order valence-electron chi connectivity index (χ2n) is 5.21. The molecule has 126 valence electrons. The lowest BCUT2D eigenvalue weighted by Crippen LogP contribution is -2.34. The van der Waals surface area contributed by atoms with Gasteiger partial charge >= 0.3 is 0 Å². The fraction of sp³-hybridized carbons (Fsp3) is 0.500. The second-order valence-corrected chi connectivity index (χ2v) is 7.01. The minimum Gasteiger partial charge on any atom is -0.495 e. The van der Waals surface area contributed by atoms with E-state index < -0.39 is 0 Å². The van der Waals surface area contributed by atoms with E-state index in [1.807, 2.05) is 0 Å². The summed E-state index contributed by atoms with van der Waals surface area (Å²) in [6, 6.07) is 5.19. The average Bonchev–Trinajstić information content (AvgIpc) is 2.93. The van der Waals surface area contributed by atoms with Gasteiger partial charge in [-0.2, -0.15) is 11.8 Å². The third-order valence-corrected chi connectivity index (χ3v) is 4.89. The molecule has 1 N–H and O–H groups in total. The van der Waals surface area contributed by atoms with Crippen molar-refractivity contribution in [3.05, 3.63) is 23.2 Å². The van der Waals surface area contributed by atoms with Crippen LogP contribution in [0, 0.1) is 5.92 Å². The molecule has 2 rings (SSSR count). The van der Waals surface area contributed by atoms with Crippen molar-refractivity contribution < 1.29 is 14.3 Å². The maximum absolute atomic E-state index is 12.2. The Morgan fingerprint density at radius 3 is 2.96 bits per heavy atom. The van der Waals surface area contributed by atoms with Crippen LogP contribution < -0.4 is 15.0 Å². The summed E-state index contributed by atoms with van der Waals surface area (Å²) in [5.74, 6) is 2.05. The molecule has 1 aliphatic heterocycles. The predicted octanol–water partition coefficient (Wildman–Crippen LogP) is 2.57. The maximum atomic E-state index is 12.2. The zero-order chi connectivity index (χ0) is 16.8. The highest BCUT2D eigenvalue weighted by Gasteiger charge is 2.35. The van der Waals surface area contributed by atoms with Gasteiger partial charge in [0.25, 0.3) is 0 Å². The molecule has 1 saturated heterocycles. The summed E-state index contributed by atoms with van der Waals surface area (Å²) in [6.07, 6.45) is 0.233. The molecule has 2 amide bonds. The van der Waals surface area contributed by atoms with Crippen molar-refractivity contribution in [3.63, 3.8) is 0 Å². The number of nitrogens with zero attached hydrogens (tertiary/aromatic N) is 1. The van der Waals surface area contributed by atoms with Crippen molar-refractivity contribution in [3.8, 4) is 5.75 Å². The number of halogens is 1. The highest BCUT2D eigenvalue weighted by Crippen LogP contribution is 2.32. The molecule has 0 aromatic heterocycles. The van der Waals surface area contributed by atoms with E-state index in [2.05, 4.69) is 12.2 Å². The van der Waals surface area contributed by atoms with Gasteiger partial charge in [-0.25, -0.2) is 0 Å². The fourth-order valence-electron chi connectivity index (χ4n) is 2.49. The van der Waals surface area contributed by atoms with Crippen LogP contribution in [0.2, 0.25) is 5.02 Å². The number of rotatable bonds is 7. The Labute approximate surface area is 145 Å². The third kappa shape index (κ3) is 4.54. The van der Waals surface area contributed by atoms with Gasteiger partial charge in [-0.15, -0.1) is 0 Å². The number of amides is 2. The molecule has 23 heavy (non-hydrogen) atoms. The summed E-state index contributed by atoms with van der Waals surface area (Å²) in [7, 11) is 1.54. The number of hydrogen-bond donors (Lipinski definition) is 1. The first-order chi connectivity index (χ1) is 11.1. The number of methoxy groups -OCH3 is 1. The minimum atomic E-state index is -0.310. The Morgan fingerprint density at radius 1 is 1.52 bits per heavy atom. The average molecular weight is 357 g/mol. The third-order valence-electron chi connectivity index (χ3n) is 3.69. The number of nitrogens with one attached hydrogen (secondary N) is 1. The number of carbonyl (C=O) groups excluding carboxylic acids is 2. The van der Waals surface area contributed by atoms with Crippen LogP contribution in [-0.4, -0.2) is 43.5 Å². The minimum absolute atomic E-state index is 0.0582. The molecule has 1 unspecified atom stereocenters. The molecule has 1 aliphatic rings. The molecule has 5 nitrogen and oxygen atoms in total. The normalized spacial score (nSPS) is 17.4. The SMILES string of the molecule is CCSCCNC(=O)C1CC(=O)N(c2ccc(OC)c(Cl)c2)C1. The zero-order valence-corrected chi connectivity index (χ0v) is 14.9. The van der Waals surface area contributed by atoms with Crippen molar-refractivity contribution in [1.29, 1.82) is 0 Å². The topological polar surface area (TPSA) is 58.6 Å². The fourth-order valence-corrected chi connectivity index (χ4v) is 3.28. The van der Waals surface area contributed by atoms with E-state index in [-0.39, 0.29) is 24.2 Å². The van der Waals surface area contributed by atoms with E-state index in [0.717, 1.165) is 11.5 Å². The summed E-state index contributed by atoms with van der Waals surface area (Å²) in [6.45, 7) is 3.10. The molecule has 0 aliphatic carbocycles. The van der Waals surface area contributed by atoms with E-state index in [0.29, 0.717) is 29.5 Å². The lowest BCUT2D eigenvalue weighted by atomic mass is 10.1. The van der Waals surface area contributed by atoms with E-state index in [1.165, 1.54) is 0 Å². The Morgan fingerprint density at radius 2 is 2.30 bits per heavy atom. The molecule has 1 atom stereocenters. The summed E-state index contributed by atoms with van der Waals surface area (Å²) in [5, 5.41) is 3.34. The van der Waals surface area contributed by atoms with Crippen molar-refractivity contribution >= 4 is 40.9 Å². The van der Waals surface area contributed by atoms with Gasteiger partial charge in [0.05, 0.1) is 18.1 Å². The van der Waals surface area contributed by atoms with Gasteiger partial charge in [-0.05, 0) is 24.0 Å². The van der Waals surface area contributed by atoms with Crippen LogP contribution in [0.1, 0.15) is 13.3 Å². The first-order valence-corrected chi connectivity index (χ1v) is 9.09. The van der Waals surface area contributed by atoms with Crippen LogP contribution >= 0.6 is 23.4 Å². The summed E-state index contributed by atoms with van der Waals surface area (Å²) in [5.41, 5.74) is 0.692. The quantitative estimate of drug-likeness (QED) is 0.763. The molecule has 1 heterocycles. The van der Waals surface area contributed by atoms with Crippen molar-refractivity contribution in [2.75, 3.05) is 36.6 Å². The van der Waals surface area contributed by atoms with Gasteiger partial charge < -0.3 is 15.0 Å². The van der Waals surface area contributed by atoms with Crippen LogP contribution in [-0.2, 0) is 9.59 Å². The number of carbonyl (C=O) groups is 2. The van der Waals surface area contributed by atoms with Crippen LogP contribution in [0.3, 0.4) is 0 Å². The van der Waals surface area contributed by atoms with Crippen molar-refractivity contribution in [2.45, 2.75) is 13.3 Å². The molecular weight excluding hydrogens is 336 g/mol. The molecule has 0 saturated carbocycles. The van der Waals surface area contributed by atoms with E-state index >= 15 is 0 Å². The first-order valence-electron chi connectivity index (χ1n) is 7.56. The van der Waals surface area contributed by atoms with Crippen molar-refractivity contribution in [2.24, 2.45) is 5.92 Å². The molecular formula is C16H21ClN2O3S. The van der Waals surface area contributed by atoms with Gasteiger partial charge in [0.15, 0.2) is 0 Å². The first kappa shape index (κ1) is 17.9. The molecule has 7 heteroatoms. The molecule has 0 spiro atoms. The Balaban J connectivity index is 1.97. The van der Waals surface area contributed by atoms with Gasteiger partial charge in [0.2, 0.25) is 11.8 Å². The van der Waals surface area contributed by atoms with Crippen LogP contribution in [0.5, 0.6) is 5.75 Å². The van der Waals surface area contributed by atoms with E-state index in [4.69, 9.17) is 16.3 Å². The van der Waals surface area contributed by atoms with E-state index in [1.54, 1.807) is 42.0 Å². The van der Waals surface area contributed by atoms with Gasteiger partial charge in [0.1, 0.15) is 5.75 Å². The monoisotopic (exact) mass is 356 g/mol. The van der Waals surface area contributed by atoms with Crippen LogP contribution in [0.15, 0.2) is 18.2 Å². The molecule has 0 bridgehead atoms. The summed E-state index contributed by atoms with van der Waals surface area (Å²) >= 11 is 7.89. The number of ether oxygens (including phenoxy) is 1. The van der Waals surface area contributed by atoms with Crippen molar-refractivity contribution in [1.82, 2.24) is 5.32 Å². The summed E-state index contributed by atoms with van der Waals surface area (Å²) < 4.78 is 5.11. The largest absolute Gasteiger partial charge is 0.495 e. The molecule has 1 aromatic carbocycles. The Kier molecular flexibility index (Phi) is 6.59. The second kappa shape index (κ2) is 8.45. The number of hydrogen-bond acceptors (Lipinski definition) is 4. The maximum Gasteiger partial charge on any atom is 0.227 e. The van der Waals surface area contributed by atoms with E-state index in [9.17, 15) is 9.59 Å². The van der Waals surface area contributed by atoms with Gasteiger partial charge in [-0.3, -0.25) is 9.59 Å². The molecule has 1 fully saturated rings. The van der Waals surface area contributed by atoms with Gasteiger partial charge in [-0.1, -0.05) is 18.5 Å². The van der Waals surface area contributed by atoms with Crippen LogP contribution in [0.25, 0.3) is 0 Å². The number of thioether (sulfide) groups is 1. The Hall–Kier alpha value is -1.40. The van der Waals surface area contributed by atoms with Crippen LogP contribution in [0.4, 0.5) is 5.69 Å². The lowest BCUT2D eigenvalue weighted by molar-refractivity contribution is -0.126.